The van der Waals surface area contributed by atoms with Gasteiger partial charge >= 0.3 is 0 Å². The number of fused-ring (bicyclic) bond motifs is 6. The van der Waals surface area contributed by atoms with Crippen molar-refractivity contribution in [1.82, 2.24) is 4.57 Å². The van der Waals surface area contributed by atoms with E-state index in [9.17, 15) is 4.79 Å². The summed E-state index contributed by atoms with van der Waals surface area (Å²) in [4.78, 5) is 13.9. The number of hydrogen-bond donors (Lipinski definition) is 0. The number of hydrogen-bond acceptors (Lipinski definition) is 4. The summed E-state index contributed by atoms with van der Waals surface area (Å²) in [6.07, 6.45) is 0.0448. The van der Waals surface area contributed by atoms with Crippen LogP contribution in [0, 0.1) is 6.92 Å². The first-order valence-corrected chi connectivity index (χ1v) is 11.5. The lowest BCUT2D eigenvalue weighted by Gasteiger charge is -2.46. The molecule has 0 amide bonds. The maximum atomic E-state index is 13.9. The molecule has 0 aliphatic carbocycles. The van der Waals surface area contributed by atoms with Crippen LogP contribution in [0.25, 0.3) is 0 Å². The van der Waals surface area contributed by atoms with Gasteiger partial charge in [0.1, 0.15) is 17.6 Å². The predicted molar refractivity (Wildman–Crippen MR) is 129 cm³/mol. The van der Waals surface area contributed by atoms with Crippen molar-refractivity contribution in [2.75, 3.05) is 7.11 Å². The number of nitrogens with zero attached hydrogens (tertiary/aromatic N) is 1. The van der Waals surface area contributed by atoms with Gasteiger partial charge in [-0.1, -0.05) is 54.6 Å². The third-order valence-electron chi connectivity index (χ3n) is 6.83. The maximum absolute atomic E-state index is 13.9. The van der Waals surface area contributed by atoms with Crippen LogP contribution in [0.2, 0.25) is 0 Å². The van der Waals surface area contributed by atoms with Crippen LogP contribution >= 0.6 is 0 Å². The van der Waals surface area contributed by atoms with E-state index in [2.05, 4.69) is 6.07 Å². The summed E-state index contributed by atoms with van der Waals surface area (Å²) in [5.74, 6) is 0.347. The minimum absolute atomic E-state index is 0.0797. The second kappa shape index (κ2) is 7.89. The first-order chi connectivity index (χ1) is 16.6. The summed E-state index contributed by atoms with van der Waals surface area (Å²) in [6, 6.07) is 27.9. The first kappa shape index (κ1) is 20.8. The van der Waals surface area contributed by atoms with Gasteiger partial charge in [-0.15, -0.1) is 0 Å². The van der Waals surface area contributed by atoms with Crippen molar-refractivity contribution < 1.29 is 14.2 Å². The molecule has 1 aromatic heterocycles. The molecule has 0 N–H and O–H groups in total. The van der Waals surface area contributed by atoms with E-state index in [1.54, 1.807) is 11.7 Å². The zero-order chi connectivity index (χ0) is 23.3. The van der Waals surface area contributed by atoms with Crippen molar-refractivity contribution in [3.63, 3.8) is 0 Å². The Balaban J connectivity index is 1.53. The van der Waals surface area contributed by atoms with Gasteiger partial charge in [-0.25, -0.2) is 0 Å². The largest absolute Gasteiger partial charge is 0.497 e. The normalized spacial score (nSPS) is 20.1. The SMILES string of the molecule is COc1ccc([C@]23Cc4ccccc4[C@H](O2)c2c(cc(C)n(Cc4ccccc4)c2=O)O3)cc1. The first-order valence-electron chi connectivity index (χ1n) is 11.5. The van der Waals surface area contributed by atoms with Crippen LogP contribution < -0.4 is 15.0 Å². The van der Waals surface area contributed by atoms with Gasteiger partial charge in [-0.05, 0) is 47.9 Å². The van der Waals surface area contributed by atoms with Gasteiger partial charge in [0.25, 0.3) is 5.56 Å². The van der Waals surface area contributed by atoms with Crippen molar-refractivity contribution in [3.05, 3.63) is 129 Å². The molecule has 3 aromatic carbocycles. The van der Waals surface area contributed by atoms with E-state index in [0.29, 0.717) is 24.3 Å². The molecule has 2 bridgehead atoms. The molecule has 0 fully saturated rings. The number of benzene rings is 3. The number of aryl methyl sites for hydroxylation is 1. The van der Waals surface area contributed by atoms with Crippen LogP contribution in [0.3, 0.4) is 0 Å². The van der Waals surface area contributed by atoms with Gasteiger partial charge < -0.3 is 18.8 Å². The molecule has 6 rings (SSSR count). The number of pyridine rings is 1. The van der Waals surface area contributed by atoms with E-state index < -0.39 is 11.9 Å². The van der Waals surface area contributed by atoms with Crippen LogP contribution in [-0.2, 0) is 23.5 Å². The highest BCUT2D eigenvalue weighted by Gasteiger charge is 2.50. The number of methoxy groups -OCH3 is 1. The lowest BCUT2D eigenvalue weighted by Crippen LogP contribution is -2.48. The zero-order valence-corrected chi connectivity index (χ0v) is 19.2. The van der Waals surface area contributed by atoms with Crippen molar-refractivity contribution in [1.29, 1.82) is 0 Å². The number of aromatic nitrogens is 1. The van der Waals surface area contributed by atoms with E-state index in [1.165, 1.54) is 0 Å². The molecule has 5 heteroatoms. The second-order valence-corrected chi connectivity index (χ2v) is 8.90. The van der Waals surface area contributed by atoms with E-state index in [-0.39, 0.29) is 5.56 Å². The van der Waals surface area contributed by atoms with Gasteiger partial charge in [-0.2, -0.15) is 0 Å². The molecule has 34 heavy (non-hydrogen) atoms. The monoisotopic (exact) mass is 451 g/mol. The fourth-order valence-corrected chi connectivity index (χ4v) is 5.07. The Morgan fingerprint density at radius 3 is 2.50 bits per heavy atom. The van der Waals surface area contributed by atoms with E-state index >= 15 is 0 Å². The van der Waals surface area contributed by atoms with Crippen LogP contribution in [0.15, 0.2) is 89.7 Å². The van der Waals surface area contributed by atoms with Crippen LogP contribution in [0.1, 0.15) is 39.6 Å². The summed E-state index contributed by atoms with van der Waals surface area (Å²) in [7, 11) is 1.65. The van der Waals surface area contributed by atoms with Gasteiger partial charge in [-0.3, -0.25) is 4.79 Å². The predicted octanol–water partition coefficient (Wildman–Crippen LogP) is 5.12. The molecule has 0 radical (unpaired) electrons. The zero-order valence-electron chi connectivity index (χ0n) is 19.2. The van der Waals surface area contributed by atoms with E-state index in [1.807, 2.05) is 85.8 Å². The maximum Gasteiger partial charge on any atom is 0.261 e. The molecule has 5 nitrogen and oxygen atoms in total. The lowest BCUT2D eigenvalue weighted by atomic mass is 9.84. The molecule has 2 atom stereocenters. The fraction of sp³-hybridized carbons (Fsp3) is 0.207. The van der Waals surface area contributed by atoms with Gasteiger partial charge in [0, 0.05) is 23.7 Å². The molecular formula is C29H25NO4. The smallest absolute Gasteiger partial charge is 0.261 e. The molecule has 0 saturated heterocycles. The Bertz CT molecular complexity index is 1430. The third kappa shape index (κ3) is 3.24. The molecule has 2 aliphatic heterocycles. The second-order valence-electron chi connectivity index (χ2n) is 8.90. The van der Waals surface area contributed by atoms with Crippen LogP contribution in [0.4, 0.5) is 0 Å². The number of rotatable bonds is 4. The quantitative estimate of drug-likeness (QED) is 0.432. The summed E-state index contributed by atoms with van der Waals surface area (Å²) >= 11 is 0. The Kier molecular flexibility index (Phi) is 4.82. The van der Waals surface area contributed by atoms with E-state index in [0.717, 1.165) is 33.7 Å². The highest BCUT2D eigenvalue weighted by molar-refractivity contribution is 5.49. The standard InChI is InChI=1S/C29H25NO4/c1-19-16-25-26(28(31)30(19)18-20-8-4-3-5-9-20)27-24-11-7-6-10-21(24)17-29(33-25,34-27)22-12-14-23(32-2)15-13-22/h3-16,27H,17-18H2,1-2H3/t27-,29-/m0/s1. The summed E-state index contributed by atoms with van der Waals surface area (Å²) < 4.78 is 20.4. The van der Waals surface area contributed by atoms with Crippen molar-refractivity contribution >= 4 is 0 Å². The van der Waals surface area contributed by atoms with Gasteiger partial charge in [0.15, 0.2) is 0 Å². The minimum atomic E-state index is -1.01. The Labute approximate surface area is 198 Å². The van der Waals surface area contributed by atoms with Crippen LogP contribution in [-0.4, -0.2) is 11.7 Å². The van der Waals surface area contributed by atoms with Gasteiger partial charge in [0.2, 0.25) is 5.79 Å². The molecule has 0 spiro atoms. The summed E-state index contributed by atoms with van der Waals surface area (Å²) in [6.45, 7) is 2.45. The lowest BCUT2D eigenvalue weighted by molar-refractivity contribution is -0.237. The Hall–Kier alpha value is -3.83. The number of ether oxygens (including phenoxy) is 3. The Morgan fingerprint density at radius 2 is 1.74 bits per heavy atom. The average molecular weight is 452 g/mol. The molecular weight excluding hydrogens is 426 g/mol. The van der Waals surface area contributed by atoms with E-state index in [4.69, 9.17) is 14.2 Å². The van der Waals surface area contributed by atoms with Crippen molar-refractivity contribution in [3.8, 4) is 11.5 Å². The summed E-state index contributed by atoms with van der Waals surface area (Å²) in [5.41, 5.74) is 5.43. The molecule has 0 unspecified atom stereocenters. The topological polar surface area (TPSA) is 49.7 Å². The third-order valence-corrected chi connectivity index (χ3v) is 6.83. The van der Waals surface area contributed by atoms with Crippen LogP contribution in [0.5, 0.6) is 11.5 Å². The van der Waals surface area contributed by atoms with Crippen molar-refractivity contribution in [2.45, 2.75) is 31.8 Å². The minimum Gasteiger partial charge on any atom is -0.497 e. The molecule has 4 aromatic rings. The molecule has 0 saturated carbocycles. The van der Waals surface area contributed by atoms with Crippen molar-refractivity contribution in [2.24, 2.45) is 0 Å². The molecule has 170 valence electrons. The highest BCUT2D eigenvalue weighted by atomic mass is 16.7. The summed E-state index contributed by atoms with van der Waals surface area (Å²) in [5, 5.41) is 0. The van der Waals surface area contributed by atoms with Gasteiger partial charge in [0.05, 0.1) is 19.2 Å². The molecule has 3 heterocycles. The fourth-order valence-electron chi connectivity index (χ4n) is 5.07. The Morgan fingerprint density at radius 1 is 1.00 bits per heavy atom. The molecule has 2 aliphatic rings. The average Bonchev–Trinajstić information content (AvgIpc) is 2.87. The highest BCUT2D eigenvalue weighted by Crippen LogP contribution is 2.51.